The van der Waals surface area contributed by atoms with Gasteiger partial charge in [-0.05, 0) is 37.3 Å². The van der Waals surface area contributed by atoms with Crippen LogP contribution in [0.15, 0.2) is 18.2 Å². The second-order valence-electron chi connectivity index (χ2n) is 3.33. The van der Waals surface area contributed by atoms with Crippen LogP contribution in [0, 0.1) is 4.77 Å². The summed E-state index contributed by atoms with van der Waals surface area (Å²) in [5, 5.41) is 7.54. The van der Waals surface area contributed by atoms with Gasteiger partial charge >= 0.3 is 0 Å². The number of aromatic nitrogens is 3. The zero-order valence-electron chi connectivity index (χ0n) is 8.70. The van der Waals surface area contributed by atoms with Crippen molar-refractivity contribution in [2.75, 3.05) is 5.73 Å². The highest BCUT2D eigenvalue weighted by atomic mass is 35.5. The highest BCUT2D eigenvalue weighted by Gasteiger charge is 2.10. The third kappa shape index (κ3) is 1.83. The Morgan fingerprint density at radius 1 is 1.56 bits per heavy atom. The zero-order valence-corrected chi connectivity index (χ0v) is 10.3. The summed E-state index contributed by atoms with van der Waals surface area (Å²) in [6.45, 7) is 2.73. The van der Waals surface area contributed by atoms with Crippen molar-refractivity contribution in [1.82, 2.24) is 14.8 Å². The summed E-state index contributed by atoms with van der Waals surface area (Å²) in [5.41, 5.74) is 7.32. The second-order valence-corrected chi connectivity index (χ2v) is 4.15. The largest absolute Gasteiger partial charge is 0.398 e. The van der Waals surface area contributed by atoms with Crippen LogP contribution in [0.2, 0.25) is 5.02 Å². The molecular weight excluding hydrogens is 244 g/mol. The van der Waals surface area contributed by atoms with Crippen molar-refractivity contribution in [2.45, 2.75) is 13.5 Å². The number of hydrogen-bond donors (Lipinski definition) is 2. The van der Waals surface area contributed by atoms with Gasteiger partial charge in [-0.2, -0.15) is 5.10 Å². The molecule has 0 fully saturated rings. The molecule has 1 aromatic carbocycles. The van der Waals surface area contributed by atoms with Crippen molar-refractivity contribution < 1.29 is 0 Å². The number of rotatable bonds is 2. The Balaban J connectivity index is 2.67. The fraction of sp³-hybridized carbons (Fsp3) is 0.200. The first kappa shape index (κ1) is 11.2. The number of nitrogen functional groups attached to an aromatic ring is 1. The van der Waals surface area contributed by atoms with Crippen LogP contribution in [0.25, 0.3) is 11.4 Å². The van der Waals surface area contributed by atoms with E-state index in [9.17, 15) is 0 Å². The van der Waals surface area contributed by atoms with Gasteiger partial charge in [0.25, 0.3) is 0 Å². The number of anilines is 1. The first-order chi connectivity index (χ1) is 7.63. The highest BCUT2D eigenvalue weighted by molar-refractivity contribution is 7.71. The topological polar surface area (TPSA) is 59.6 Å². The Morgan fingerprint density at radius 2 is 2.31 bits per heavy atom. The van der Waals surface area contributed by atoms with Crippen LogP contribution in [0.5, 0.6) is 0 Å². The molecule has 0 aliphatic heterocycles. The Morgan fingerprint density at radius 3 is 3.00 bits per heavy atom. The minimum Gasteiger partial charge on any atom is -0.398 e. The van der Waals surface area contributed by atoms with Crippen LogP contribution in [-0.2, 0) is 6.54 Å². The SMILES string of the molecule is CCn1c(-c2cc(Cl)ccc2N)n[nH]c1=S. The van der Waals surface area contributed by atoms with Crippen LogP contribution in [0.4, 0.5) is 5.69 Å². The molecule has 6 heteroatoms. The number of H-pyrrole nitrogens is 1. The van der Waals surface area contributed by atoms with E-state index < -0.39 is 0 Å². The van der Waals surface area contributed by atoms with E-state index in [-0.39, 0.29) is 0 Å². The Hall–Kier alpha value is -1.33. The first-order valence-electron chi connectivity index (χ1n) is 4.84. The van der Waals surface area contributed by atoms with E-state index in [1.807, 2.05) is 11.5 Å². The summed E-state index contributed by atoms with van der Waals surface area (Å²) in [6, 6.07) is 5.29. The summed E-state index contributed by atoms with van der Waals surface area (Å²) in [7, 11) is 0. The van der Waals surface area contributed by atoms with Crippen molar-refractivity contribution in [2.24, 2.45) is 0 Å². The molecular formula is C10H11ClN4S. The van der Waals surface area contributed by atoms with Crippen LogP contribution in [0.3, 0.4) is 0 Å². The molecule has 0 bridgehead atoms. The molecule has 1 aromatic heterocycles. The Bertz CT molecular complexity index is 572. The van der Waals surface area contributed by atoms with E-state index in [0.29, 0.717) is 21.3 Å². The maximum atomic E-state index is 5.94. The zero-order chi connectivity index (χ0) is 11.7. The summed E-state index contributed by atoms with van der Waals surface area (Å²) < 4.78 is 2.45. The Kier molecular flexibility index (Phi) is 2.98. The number of aromatic amines is 1. The Labute approximate surface area is 103 Å². The molecule has 0 amide bonds. The minimum atomic E-state index is 0.580. The minimum absolute atomic E-state index is 0.580. The van der Waals surface area contributed by atoms with Crippen molar-refractivity contribution >= 4 is 29.5 Å². The lowest BCUT2D eigenvalue weighted by atomic mass is 10.1. The quantitative estimate of drug-likeness (QED) is 0.640. The summed E-state index contributed by atoms with van der Waals surface area (Å²) in [5.74, 6) is 0.715. The average Bonchev–Trinajstić information content (AvgIpc) is 2.63. The number of nitrogens with one attached hydrogen (secondary N) is 1. The highest BCUT2D eigenvalue weighted by Crippen LogP contribution is 2.27. The van der Waals surface area contributed by atoms with E-state index >= 15 is 0 Å². The van der Waals surface area contributed by atoms with Gasteiger partial charge < -0.3 is 10.3 Å². The molecule has 0 atom stereocenters. The van der Waals surface area contributed by atoms with Crippen molar-refractivity contribution in [3.05, 3.63) is 28.0 Å². The summed E-state index contributed by atoms with van der Waals surface area (Å²) >= 11 is 11.1. The molecule has 0 radical (unpaired) electrons. The van der Waals surface area contributed by atoms with Gasteiger partial charge in [0, 0.05) is 22.8 Å². The lowest BCUT2D eigenvalue weighted by molar-refractivity contribution is 0.756. The van der Waals surface area contributed by atoms with Gasteiger partial charge in [-0.3, -0.25) is 5.10 Å². The number of benzene rings is 1. The molecule has 84 valence electrons. The maximum Gasteiger partial charge on any atom is 0.195 e. The van der Waals surface area contributed by atoms with Crippen LogP contribution < -0.4 is 5.73 Å². The van der Waals surface area contributed by atoms with Gasteiger partial charge in [0.1, 0.15) is 0 Å². The van der Waals surface area contributed by atoms with E-state index in [0.717, 1.165) is 12.1 Å². The van der Waals surface area contributed by atoms with E-state index in [2.05, 4.69) is 10.2 Å². The fourth-order valence-electron chi connectivity index (χ4n) is 1.54. The predicted octanol–water partition coefficient (Wildman–Crippen LogP) is 2.86. The molecule has 0 saturated carbocycles. The number of halogens is 1. The normalized spacial score (nSPS) is 10.6. The van der Waals surface area contributed by atoms with Crippen LogP contribution >= 0.6 is 23.8 Å². The van der Waals surface area contributed by atoms with Crippen LogP contribution in [-0.4, -0.2) is 14.8 Å². The van der Waals surface area contributed by atoms with Gasteiger partial charge in [-0.1, -0.05) is 11.6 Å². The lowest BCUT2D eigenvalue weighted by Gasteiger charge is -2.06. The molecule has 0 aliphatic carbocycles. The van der Waals surface area contributed by atoms with Crippen LogP contribution in [0.1, 0.15) is 6.92 Å². The smallest absolute Gasteiger partial charge is 0.195 e. The third-order valence-corrected chi connectivity index (χ3v) is 2.88. The van der Waals surface area contributed by atoms with Gasteiger partial charge in [0.2, 0.25) is 0 Å². The summed E-state index contributed by atoms with van der Waals surface area (Å²) in [4.78, 5) is 0. The number of nitrogens with two attached hydrogens (primary N) is 1. The second kappa shape index (κ2) is 4.27. The standard InChI is InChI=1S/C10H11ClN4S/c1-2-15-9(13-14-10(15)16)7-5-6(11)3-4-8(7)12/h3-5H,2,12H2,1H3,(H,14,16). The molecule has 2 rings (SSSR count). The molecule has 3 N–H and O–H groups in total. The van der Waals surface area contributed by atoms with Crippen molar-refractivity contribution in [3.8, 4) is 11.4 Å². The number of hydrogen-bond acceptors (Lipinski definition) is 3. The van der Waals surface area contributed by atoms with E-state index in [1.165, 1.54) is 0 Å². The van der Waals surface area contributed by atoms with E-state index in [4.69, 9.17) is 29.6 Å². The van der Waals surface area contributed by atoms with Crippen molar-refractivity contribution in [3.63, 3.8) is 0 Å². The molecule has 2 aromatic rings. The molecule has 0 saturated heterocycles. The predicted molar refractivity (Wildman–Crippen MR) is 67.9 cm³/mol. The molecule has 1 heterocycles. The molecule has 0 aliphatic rings. The average molecular weight is 255 g/mol. The fourth-order valence-corrected chi connectivity index (χ4v) is 1.97. The lowest BCUT2D eigenvalue weighted by Crippen LogP contribution is -2.00. The van der Waals surface area contributed by atoms with Gasteiger partial charge in [-0.15, -0.1) is 0 Å². The molecule has 0 unspecified atom stereocenters. The third-order valence-electron chi connectivity index (χ3n) is 2.33. The number of nitrogens with zero attached hydrogens (tertiary/aromatic N) is 2. The molecule has 4 nitrogen and oxygen atoms in total. The van der Waals surface area contributed by atoms with Crippen molar-refractivity contribution in [1.29, 1.82) is 0 Å². The monoisotopic (exact) mass is 254 g/mol. The molecule has 0 spiro atoms. The van der Waals surface area contributed by atoms with Gasteiger partial charge in [0.05, 0.1) is 0 Å². The van der Waals surface area contributed by atoms with Gasteiger partial charge in [-0.25, -0.2) is 0 Å². The molecule has 16 heavy (non-hydrogen) atoms. The summed E-state index contributed by atoms with van der Waals surface area (Å²) in [6.07, 6.45) is 0. The first-order valence-corrected chi connectivity index (χ1v) is 5.62. The van der Waals surface area contributed by atoms with E-state index in [1.54, 1.807) is 18.2 Å². The van der Waals surface area contributed by atoms with Gasteiger partial charge in [0.15, 0.2) is 10.6 Å². The maximum absolute atomic E-state index is 5.94.